The van der Waals surface area contributed by atoms with Crippen LogP contribution in [0.5, 0.6) is 0 Å². The highest BCUT2D eigenvalue weighted by molar-refractivity contribution is 5.94. The van der Waals surface area contributed by atoms with Crippen LogP contribution in [0.1, 0.15) is 54.7 Å². The number of amides is 1. The first-order valence-corrected chi connectivity index (χ1v) is 11.5. The van der Waals surface area contributed by atoms with Crippen LogP contribution in [-0.4, -0.2) is 31.0 Å². The van der Waals surface area contributed by atoms with E-state index in [0.717, 1.165) is 35.2 Å². The molecule has 0 saturated heterocycles. The van der Waals surface area contributed by atoms with Gasteiger partial charge in [-0.25, -0.2) is 4.98 Å². The largest absolute Gasteiger partial charge is 0.416 e. The van der Waals surface area contributed by atoms with Crippen molar-refractivity contribution < 1.29 is 27.6 Å². The van der Waals surface area contributed by atoms with Crippen LogP contribution in [0.3, 0.4) is 0 Å². The molecule has 1 atom stereocenters. The molecular weight excluding hydrogens is 483 g/mol. The van der Waals surface area contributed by atoms with Crippen molar-refractivity contribution in [3.63, 3.8) is 0 Å². The van der Waals surface area contributed by atoms with E-state index in [0.29, 0.717) is 23.8 Å². The van der Waals surface area contributed by atoms with Gasteiger partial charge >= 0.3 is 6.18 Å². The Bertz CT molecular complexity index is 1080. The fourth-order valence-corrected chi connectivity index (χ4v) is 3.56. The average Bonchev–Trinajstić information content (AvgIpc) is 2.90. The molecule has 198 valence electrons. The van der Waals surface area contributed by atoms with E-state index in [1.807, 2.05) is 44.8 Å². The van der Waals surface area contributed by atoms with Gasteiger partial charge in [-0.15, -0.1) is 0 Å². The summed E-state index contributed by atoms with van der Waals surface area (Å²) in [5.41, 5.74) is 2.47. The van der Waals surface area contributed by atoms with Crippen LogP contribution < -0.4 is 10.6 Å². The molecule has 2 N–H and O–H groups in total. The van der Waals surface area contributed by atoms with Gasteiger partial charge in [0.1, 0.15) is 19.4 Å². The Morgan fingerprint density at radius 2 is 1.43 bits per heavy atom. The zero-order valence-electron chi connectivity index (χ0n) is 21.1. The van der Waals surface area contributed by atoms with Crippen LogP contribution in [0.2, 0.25) is 0 Å². The number of pyridine rings is 1. The fourth-order valence-electron chi connectivity index (χ4n) is 3.56. The molecule has 37 heavy (non-hydrogen) atoms. The highest BCUT2D eigenvalue weighted by Gasteiger charge is 2.30. The summed E-state index contributed by atoms with van der Waals surface area (Å²) in [6.45, 7) is 10.7. The number of alkyl halides is 3. The number of benzene rings is 2. The van der Waals surface area contributed by atoms with Gasteiger partial charge in [0.2, 0.25) is 0 Å². The monoisotopic (exact) mass is 515 g/mol. The maximum absolute atomic E-state index is 12.8. The van der Waals surface area contributed by atoms with Crippen LogP contribution >= 0.6 is 0 Å². The third-order valence-electron chi connectivity index (χ3n) is 5.25. The van der Waals surface area contributed by atoms with Crippen molar-refractivity contribution >= 4 is 25.3 Å². The first-order chi connectivity index (χ1) is 17.7. The van der Waals surface area contributed by atoms with Gasteiger partial charge in [0.25, 0.3) is 5.91 Å². The van der Waals surface area contributed by atoms with E-state index >= 15 is 0 Å². The van der Waals surface area contributed by atoms with Gasteiger partial charge in [-0.2, -0.15) is 13.2 Å². The van der Waals surface area contributed by atoms with Gasteiger partial charge < -0.3 is 20.2 Å². The number of hydrogen-bond donors (Lipinski definition) is 2. The lowest BCUT2D eigenvalue weighted by Crippen LogP contribution is -2.22. The van der Waals surface area contributed by atoms with Gasteiger partial charge in [0, 0.05) is 12.7 Å². The van der Waals surface area contributed by atoms with Crippen molar-refractivity contribution in [1.82, 2.24) is 10.3 Å². The molecular formula is C28H32F3N3O3. The van der Waals surface area contributed by atoms with Gasteiger partial charge in [0.05, 0.1) is 17.2 Å². The first kappa shape index (κ1) is 31.0. The predicted molar refractivity (Wildman–Crippen MR) is 139 cm³/mol. The molecule has 1 aromatic heterocycles. The second-order valence-electron chi connectivity index (χ2n) is 8.32. The maximum atomic E-state index is 12.8. The summed E-state index contributed by atoms with van der Waals surface area (Å²) in [7, 11) is 0. The number of hydrogen-bond acceptors (Lipinski definition) is 5. The fraction of sp³-hybridized carbons (Fsp3) is 0.286. The van der Waals surface area contributed by atoms with Crippen LogP contribution in [-0.2, 0) is 15.8 Å². The zero-order valence-corrected chi connectivity index (χ0v) is 21.1. The predicted octanol–water partition coefficient (Wildman–Crippen LogP) is 6.35. The van der Waals surface area contributed by atoms with E-state index in [1.165, 1.54) is 12.1 Å². The van der Waals surface area contributed by atoms with Gasteiger partial charge in [-0.1, -0.05) is 50.2 Å². The summed E-state index contributed by atoms with van der Waals surface area (Å²) in [5, 5.41) is 6.19. The van der Waals surface area contributed by atoms with Gasteiger partial charge in [-0.3, -0.25) is 4.79 Å². The molecule has 0 bridgehead atoms. The van der Waals surface area contributed by atoms with E-state index in [9.17, 15) is 18.0 Å². The Balaban J connectivity index is 0.00000163. The molecule has 3 rings (SSSR count). The Morgan fingerprint density at radius 1 is 0.892 bits per heavy atom. The molecule has 1 unspecified atom stereocenters. The summed E-state index contributed by atoms with van der Waals surface area (Å²) < 4.78 is 38.4. The molecule has 0 aliphatic rings. The van der Waals surface area contributed by atoms with E-state index in [1.54, 1.807) is 18.3 Å². The van der Waals surface area contributed by atoms with Gasteiger partial charge in [-0.05, 0) is 60.2 Å². The Kier molecular flexibility index (Phi) is 12.7. The van der Waals surface area contributed by atoms with Crippen molar-refractivity contribution in [1.29, 1.82) is 0 Å². The molecule has 0 saturated carbocycles. The maximum Gasteiger partial charge on any atom is 0.416 e. The van der Waals surface area contributed by atoms with Crippen LogP contribution in [0.25, 0.3) is 11.1 Å². The van der Waals surface area contributed by atoms with E-state index in [-0.39, 0.29) is 11.9 Å². The van der Waals surface area contributed by atoms with Crippen molar-refractivity contribution in [2.75, 3.05) is 11.9 Å². The molecule has 1 heterocycles. The van der Waals surface area contributed by atoms with E-state index in [4.69, 9.17) is 9.59 Å². The number of carbonyl (C=O) groups is 3. The Hall–Kier alpha value is -4.01. The summed E-state index contributed by atoms with van der Waals surface area (Å²) >= 11 is 0. The molecule has 6 nitrogen and oxygen atoms in total. The van der Waals surface area contributed by atoms with Crippen molar-refractivity contribution in [3.8, 4) is 11.1 Å². The highest BCUT2D eigenvalue weighted by Crippen LogP contribution is 2.32. The third-order valence-corrected chi connectivity index (χ3v) is 5.25. The van der Waals surface area contributed by atoms with Crippen molar-refractivity contribution in [3.05, 3.63) is 83.6 Å². The lowest BCUT2D eigenvalue weighted by Gasteiger charge is -2.22. The second kappa shape index (κ2) is 15.2. The molecule has 0 aliphatic heterocycles. The molecule has 3 aromatic rings. The van der Waals surface area contributed by atoms with Crippen LogP contribution in [0, 0.1) is 5.92 Å². The van der Waals surface area contributed by atoms with Crippen molar-refractivity contribution in [2.45, 2.75) is 39.4 Å². The lowest BCUT2D eigenvalue weighted by atomic mass is 9.94. The number of carbonyl (C=O) groups excluding carboxylic acids is 3. The Labute approximate surface area is 215 Å². The van der Waals surface area contributed by atoms with E-state index in [2.05, 4.69) is 29.5 Å². The smallest absolute Gasteiger partial charge is 0.363 e. The second-order valence-corrected chi connectivity index (χ2v) is 8.32. The molecule has 9 heteroatoms. The minimum atomic E-state index is -4.34. The summed E-state index contributed by atoms with van der Waals surface area (Å²) in [6, 6.07) is 16.5. The number of nitrogens with one attached hydrogen (secondary N) is 2. The summed E-state index contributed by atoms with van der Waals surface area (Å²) in [6.07, 6.45) is -1.93. The number of anilines is 1. The normalized spacial score (nSPS) is 11.3. The molecule has 0 fully saturated rings. The molecule has 2 aromatic carbocycles. The molecule has 0 radical (unpaired) electrons. The average molecular weight is 516 g/mol. The minimum absolute atomic E-state index is 0.00512. The number of nitrogens with zero attached hydrogens (tertiary/aromatic N) is 1. The quantitative estimate of drug-likeness (QED) is 0.365. The standard InChI is InChI=1S/C26H28F3N3O.2CH2O/c1-4-30-25(33)21-11-14-24(31-16-21)32-23(15-17(2)3)20-7-5-18(6-8-20)19-9-12-22(13-10-19)26(27,28)29;2*1-2/h5-14,16-17,23H,4,15H2,1-3H3,(H,30,33)(H,31,32);2*1H2. The first-order valence-electron chi connectivity index (χ1n) is 11.5. The lowest BCUT2D eigenvalue weighted by molar-refractivity contribution is -0.137. The zero-order chi connectivity index (χ0) is 28.0. The van der Waals surface area contributed by atoms with Crippen LogP contribution in [0.15, 0.2) is 66.9 Å². The van der Waals surface area contributed by atoms with Crippen molar-refractivity contribution in [2.24, 2.45) is 5.92 Å². The highest BCUT2D eigenvalue weighted by atomic mass is 19.4. The van der Waals surface area contributed by atoms with E-state index < -0.39 is 11.7 Å². The topological polar surface area (TPSA) is 88.2 Å². The summed E-state index contributed by atoms with van der Waals surface area (Å²) in [5.74, 6) is 0.932. The third kappa shape index (κ3) is 9.51. The SMILES string of the molecule is C=O.C=O.CCNC(=O)c1ccc(NC(CC(C)C)c2ccc(-c3ccc(C(F)(F)F)cc3)cc2)nc1. The molecule has 0 spiro atoms. The molecule has 1 amide bonds. The van der Waals surface area contributed by atoms with Gasteiger partial charge in [0.15, 0.2) is 0 Å². The molecule has 0 aliphatic carbocycles. The minimum Gasteiger partial charge on any atom is -0.363 e. The number of halogens is 3. The Morgan fingerprint density at radius 3 is 1.86 bits per heavy atom. The summed E-state index contributed by atoms with van der Waals surface area (Å²) in [4.78, 5) is 32.3. The van der Waals surface area contributed by atoms with Crippen LogP contribution in [0.4, 0.5) is 19.0 Å². The number of rotatable bonds is 8. The number of aromatic nitrogens is 1.